The van der Waals surface area contributed by atoms with Gasteiger partial charge in [0.15, 0.2) is 11.5 Å². The van der Waals surface area contributed by atoms with E-state index in [-0.39, 0.29) is 35.6 Å². The molecule has 0 aromatic heterocycles. The molecule has 1 saturated heterocycles. The van der Waals surface area contributed by atoms with Gasteiger partial charge in [-0.25, -0.2) is 0 Å². The van der Waals surface area contributed by atoms with E-state index in [1.54, 1.807) is 0 Å². The van der Waals surface area contributed by atoms with E-state index in [2.05, 4.69) is 0 Å². The highest BCUT2D eigenvalue weighted by Crippen LogP contribution is 2.62. The van der Waals surface area contributed by atoms with Crippen LogP contribution in [0.15, 0.2) is 24.3 Å². The topological polar surface area (TPSA) is 41.9 Å². The zero-order valence-electron chi connectivity index (χ0n) is 22.5. The van der Waals surface area contributed by atoms with Crippen LogP contribution in [0.4, 0.5) is 0 Å². The summed E-state index contributed by atoms with van der Waals surface area (Å²) in [6, 6.07) is 0.784. The standard InChI is InChI=1S/C18H21NO3/c1-19-8-7-18-11-4-5-13(20)17(18)22-16-14(21-2)6-3-10(15(16)18)9-12(11)19/h3-6,11-13,17,20H,7-9H2,1-2H3/t11-,12?,13?,17?,18-/m0/s1/i1D3,2D3,9D2,11D,13D,17D. The lowest BCUT2D eigenvalue weighted by molar-refractivity contribution is -0.0453. The number of benzene rings is 1. The molecule has 2 aliphatic carbocycles. The minimum Gasteiger partial charge on any atom is -0.493 e. The van der Waals surface area contributed by atoms with Crippen LogP contribution in [0, 0.1) is 5.89 Å². The van der Waals surface area contributed by atoms with E-state index >= 15 is 0 Å². The number of likely N-dealkylation sites (N-methyl/N-ethyl adjacent to an activating group) is 1. The van der Waals surface area contributed by atoms with E-state index in [0.29, 0.717) is 0 Å². The molecular weight excluding hydrogens is 278 g/mol. The third kappa shape index (κ3) is 1.28. The van der Waals surface area contributed by atoms with Crippen molar-refractivity contribution in [3.63, 3.8) is 0 Å². The Bertz CT molecular complexity index is 1080. The molecule has 0 saturated carbocycles. The molecule has 3 unspecified atom stereocenters. The Morgan fingerprint density at radius 2 is 2.50 bits per heavy atom. The predicted octanol–water partition coefficient (Wildman–Crippen LogP) is 1.50. The van der Waals surface area contributed by atoms with Gasteiger partial charge in [-0.3, -0.25) is 0 Å². The maximum absolute atomic E-state index is 10.9. The number of aliphatic hydroxyl groups is 1. The molecule has 1 N–H and O–H groups in total. The number of piperidine rings is 1. The molecule has 5 rings (SSSR count). The van der Waals surface area contributed by atoms with Crippen LogP contribution in [-0.2, 0) is 11.8 Å². The second-order valence-corrected chi connectivity index (χ2v) is 5.92. The Labute approximate surface area is 145 Å². The Morgan fingerprint density at radius 1 is 1.55 bits per heavy atom. The van der Waals surface area contributed by atoms with Gasteiger partial charge in [0.2, 0.25) is 0 Å². The highest BCUT2D eigenvalue weighted by atomic mass is 16.5. The van der Waals surface area contributed by atoms with Crippen molar-refractivity contribution in [3.8, 4) is 11.5 Å². The maximum atomic E-state index is 10.9. The van der Waals surface area contributed by atoms with Crippen molar-refractivity contribution in [1.82, 2.24) is 4.90 Å². The van der Waals surface area contributed by atoms with Gasteiger partial charge in [0, 0.05) is 31.1 Å². The number of ether oxygens (including phenoxy) is 2. The molecule has 1 fully saturated rings. The van der Waals surface area contributed by atoms with Crippen molar-refractivity contribution in [2.24, 2.45) is 5.89 Å². The predicted molar refractivity (Wildman–Crippen MR) is 82.5 cm³/mol. The minimum absolute atomic E-state index is 0.0317. The van der Waals surface area contributed by atoms with Gasteiger partial charge in [0.05, 0.1) is 13.9 Å². The molecule has 0 radical (unpaired) electrons. The molecule has 4 heteroatoms. The molecule has 0 amide bonds. The lowest BCUT2D eigenvalue weighted by Gasteiger charge is -2.56. The van der Waals surface area contributed by atoms with Crippen LogP contribution in [-0.4, -0.2) is 48.8 Å². The quantitative estimate of drug-likeness (QED) is 0.798. The smallest absolute Gasteiger partial charge is 0.165 e. The summed E-state index contributed by atoms with van der Waals surface area (Å²) in [5.74, 6) is -2.81. The van der Waals surface area contributed by atoms with Gasteiger partial charge < -0.3 is 19.5 Å². The van der Waals surface area contributed by atoms with Gasteiger partial charge in [-0.2, -0.15) is 0 Å². The molecule has 116 valence electrons. The van der Waals surface area contributed by atoms with Crippen LogP contribution < -0.4 is 9.47 Å². The van der Waals surface area contributed by atoms with Gasteiger partial charge in [0.25, 0.3) is 0 Å². The zero-order valence-corrected chi connectivity index (χ0v) is 11.5. The summed E-state index contributed by atoms with van der Waals surface area (Å²) in [7, 11) is -2.91. The molecule has 22 heavy (non-hydrogen) atoms. The van der Waals surface area contributed by atoms with Gasteiger partial charge in [-0.1, -0.05) is 18.2 Å². The Kier molecular flexibility index (Phi) is 1.14. The maximum Gasteiger partial charge on any atom is 0.165 e. The molecule has 2 aliphatic heterocycles. The van der Waals surface area contributed by atoms with Crippen LogP contribution in [0.1, 0.15) is 32.6 Å². The van der Waals surface area contributed by atoms with Crippen LogP contribution in [0.3, 0.4) is 0 Å². The molecule has 2 heterocycles. The normalized spacial score (nSPS) is 61.9. The first-order chi connectivity index (χ1) is 14.8. The first kappa shape index (κ1) is 6.17. The average molecular weight is 310 g/mol. The fourth-order valence-electron chi connectivity index (χ4n) is 4.12. The van der Waals surface area contributed by atoms with Crippen molar-refractivity contribution in [2.45, 2.75) is 36.4 Å². The first-order valence-electron chi connectivity index (χ1n) is 12.6. The fourth-order valence-corrected chi connectivity index (χ4v) is 4.12. The van der Waals surface area contributed by atoms with Gasteiger partial charge in [-0.15, -0.1) is 0 Å². The summed E-state index contributed by atoms with van der Waals surface area (Å²) in [4.78, 5) is 0.915. The van der Waals surface area contributed by atoms with Crippen molar-refractivity contribution < 1.29 is 29.7 Å². The van der Waals surface area contributed by atoms with E-state index in [9.17, 15) is 6.48 Å². The molecule has 2 bridgehead atoms. The van der Waals surface area contributed by atoms with E-state index in [4.69, 9.17) is 23.2 Å². The molecule has 1 aromatic rings. The summed E-state index contributed by atoms with van der Waals surface area (Å²) >= 11 is 0. The first-order valence-corrected chi connectivity index (χ1v) is 7.09. The van der Waals surface area contributed by atoms with Crippen LogP contribution in [0.25, 0.3) is 0 Å². The summed E-state index contributed by atoms with van der Waals surface area (Å²) in [6.07, 6.45) is -6.05. The number of likely N-dealkylation sites (tertiary alicyclic amines) is 1. The molecule has 5 atom stereocenters. The van der Waals surface area contributed by atoms with E-state index in [0.717, 1.165) is 23.1 Å². The number of hydrogen-bond donors (Lipinski definition) is 1. The molecule has 4 aliphatic rings. The molecule has 1 aromatic carbocycles. The Hall–Kier alpha value is -1.52. The van der Waals surface area contributed by atoms with Crippen molar-refractivity contribution >= 4 is 0 Å². The molecule has 4 nitrogen and oxygen atoms in total. The molecule has 1 spiro atoms. The Balaban J connectivity index is 1.90. The number of rotatable bonds is 1. The molecular formula is C18H21NO3. The zero-order chi connectivity index (χ0) is 24.6. The third-order valence-corrected chi connectivity index (χ3v) is 5.02. The highest BCUT2D eigenvalue weighted by Gasteiger charge is 2.64. The summed E-state index contributed by atoms with van der Waals surface area (Å²) in [5.41, 5.74) is -1.99. The fraction of sp³-hybridized carbons (Fsp3) is 0.556. The van der Waals surface area contributed by atoms with E-state index in [1.165, 1.54) is 6.07 Å². The number of hydrogen-bond acceptors (Lipinski definition) is 4. The third-order valence-electron chi connectivity index (χ3n) is 5.02. The van der Waals surface area contributed by atoms with Crippen molar-refractivity contribution in [2.75, 3.05) is 20.6 Å². The summed E-state index contributed by atoms with van der Waals surface area (Å²) < 4.78 is 102. The van der Waals surface area contributed by atoms with Crippen LogP contribution in [0.2, 0.25) is 0 Å². The number of nitrogens with zero attached hydrogens (tertiary/aromatic N) is 1. The number of methoxy groups -OCH3 is 1. The lowest BCUT2D eigenvalue weighted by atomic mass is 9.53. The lowest BCUT2D eigenvalue weighted by Crippen LogP contribution is -2.64. The highest BCUT2D eigenvalue weighted by molar-refractivity contribution is 5.62. The summed E-state index contributed by atoms with van der Waals surface area (Å²) in [5, 5.41) is 10.9. The van der Waals surface area contributed by atoms with Gasteiger partial charge >= 0.3 is 0 Å². The van der Waals surface area contributed by atoms with Crippen LogP contribution in [0.5, 0.6) is 11.5 Å². The van der Waals surface area contributed by atoms with E-state index < -0.39 is 49.9 Å². The monoisotopic (exact) mass is 310 g/mol. The van der Waals surface area contributed by atoms with Crippen molar-refractivity contribution in [1.29, 1.82) is 0 Å². The Morgan fingerprint density at radius 3 is 3.36 bits per heavy atom. The SMILES string of the molecule is [2H]C([2H])([2H])Oc1ccc2c3c1OC1([2H])C([2H])(O)C=C[C@@]4([2H])C(N(C([2H])([2H])[2H])CC[C@]314)C2([2H])[2H]. The second kappa shape index (κ2) is 4.06. The largest absolute Gasteiger partial charge is 0.493 e. The van der Waals surface area contributed by atoms with Crippen LogP contribution >= 0.6 is 0 Å². The van der Waals surface area contributed by atoms with Crippen molar-refractivity contribution in [3.05, 3.63) is 35.4 Å². The van der Waals surface area contributed by atoms with Gasteiger partial charge in [0.1, 0.15) is 12.2 Å². The summed E-state index contributed by atoms with van der Waals surface area (Å²) in [6.45, 7) is -3.02. The minimum atomic E-state index is -2.91. The van der Waals surface area contributed by atoms with Gasteiger partial charge in [-0.05, 0) is 37.9 Å². The van der Waals surface area contributed by atoms with E-state index in [1.807, 2.05) is 0 Å². The average Bonchev–Trinajstić information content (AvgIpc) is 2.91. The second-order valence-electron chi connectivity index (χ2n) is 5.92.